The van der Waals surface area contributed by atoms with Gasteiger partial charge in [0.2, 0.25) is 0 Å². The van der Waals surface area contributed by atoms with Crippen molar-refractivity contribution in [2.75, 3.05) is 0 Å². The summed E-state index contributed by atoms with van der Waals surface area (Å²) in [5, 5.41) is 7.87. The van der Waals surface area contributed by atoms with Gasteiger partial charge in [-0.15, -0.1) is 0 Å². The normalized spacial score (nSPS) is 11.8. The summed E-state index contributed by atoms with van der Waals surface area (Å²) in [5.41, 5.74) is -4.14. The molecule has 0 fully saturated rings. The molecule has 3 aromatic rings. The first-order valence-electron chi connectivity index (χ1n) is 11.1. The van der Waals surface area contributed by atoms with Gasteiger partial charge in [-0.1, -0.05) is 31.6 Å². The number of halogens is 5. The number of hydrogen-bond acceptors (Lipinski definition) is 5. The van der Waals surface area contributed by atoms with Gasteiger partial charge in [-0.3, -0.25) is 0 Å². The number of nitrogens with zero attached hydrogens (tertiary/aromatic N) is 2. The Labute approximate surface area is 211 Å². The van der Waals surface area contributed by atoms with E-state index in [1.165, 1.54) is 24.3 Å². The Morgan fingerprint density at radius 1 is 0.838 bits per heavy atom. The summed E-state index contributed by atoms with van der Waals surface area (Å²) in [5.74, 6) is 3.27. The van der Waals surface area contributed by atoms with Crippen LogP contribution in [-0.4, -0.2) is 13.9 Å². The molecule has 0 heterocycles. The van der Waals surface area contributed by atoms with Crippen LogP contribution in [0.1, 0.15) is 42.9 Å². The van der Waals surface area contributed by atoms with E-state index in [9.17, 15) is 30.4 Å². The third-order valence-electron chi connectivity index (χ3n) is 4.98. The van der Waals surface area contributed by atoms with Crippen LogP contribution in [0.15, 0.2) is 70.9 Å². The zero-order valence-electron chi connectivity index (χ0n) is 19.5. The van der Waals surface area contributed by atoms with Gasteiger partial charge in [0.05, 0.1) is 16.9 Å². The smallest absolute Gasteiger partial charge is 0.376 e. The first-order valence-corrected chi connectivity index (χ1v) is 12.5. The molecule has 3 aromatic carbocycles. The van der Waals surface area contributed by atoms with Gasteiger partial charge < -0.3 is 4.18 Å². The van der Waals surface area contributed by atoms with E-state index in [1.807, 2.05) is 0 Å². The predicted molar refractivity (Wildman–Crippen MR) is 128 cm³/mol. The second-order valence-electron chi connectivity index (χ2n) is 7.87. The highest BCUT2D eigenvalue weighted by Crippen LogP contribution is 2.28. The van der Waals surface area contributed by atoms with Crippen LogP contribution < -0.4 is 4.18 Å². The summed E-state index contributed by atoms with van der Waals surface area (Å²) >= 11 is 0. The zero-order chi connectivity index (χ0) is 27.1. The Balaban J connectivity index is 1.65. The topological polar surface area (TPSA) is 68.1 Å². The lowest BCUT2D eigenvalue weighted by atomic mass is 10.0. The third kappa shape index (κ3) is 7.85. The summed E-state index contributed by atoms with van der Waals surface area (Å²) in [4.78, 5) is 0. The molecule has 11 heteroatoms. The van der Waals surface area contributed by atoms with Gasteiger partial charge in [0.1, 0.15) is 17.4 Å². The fourth-order valence-corrected chi connectivity index (χ4v) is 3.53. The quantitative estimate of drug-likeness (QED) is 0.0739. The van der Waals surface area contributed by atoms with Crippen LogP contribution in [0.5, 0.6) is 5.75 Å². The SMILES string of the molecule is CCCCCc1cc(F)c(C#Cc2ccc(N=Nc3ccc(OS(=O)(=O)C(F)(F)F)cc3)cc2)c(F)c1. The van der Waals surface area contributed by atoms with E-state index in [2.05, 4.69) is 33.2 Å². The average molecular weight is 537 g/mol. The summed E-state index contributed by atoms with van der Waals surface area (Å²) in [6.07, 6.45) is 3.46. The van der Waals surface area contributed by atoms with E-state index in [1.54, 1.807) is 24.3 Å². The lowest BCUT2D eigenvalue weighted by Crippen LogP contribution is -2.27. The van der Waals surface area contributed by atoms with Crippen LogP contribution in [0.2, 0.25) is 0 Å². The Morgan fingerprint density at radius 2 is 1.38 bits per heavy atom. The van der Waals surface area contributed by atoms with Gasteiger partial charge in [0, 0.05) is 5.56 Å². The molecule has 0 aromatic heterocycles. The highest BCUT2D eigenvalue weighted by Gasteiger charge is 2.48. The molecule has 0 amide bonds. The molecule has 0 unspecified atom stereocenters. The minimum atomic E-state index is -5.76. The molecule has 194 valence electrons. The molecule has 0 atom stereocenters. The lowest BCUT2D eigenvalue weighted by Gasteiger charge is -2.09. The van der Waals surface area contributed by atoms with Gasteiger partial charge in [-0.05, 0) is 79.1 Å². The van der Waals surface area contributed by atoms with Crippen molar-refractivity contribution >= 4 is 21.5 Å². The zero-order valence-corrected chi connectivity index (χ0v) is 20.3. The summed E-state index contributed by atoms with van der Waals surface area (Å²) in [6, 6.07) is 13.4. The van der Waals surface area contributed by atoms with Crippen molar-refractivity contribution in [2.24, 2.45) is 10.2 Å². The Morgan fingerprint density at radius 3 is 1.89 bits per heavy atom. The molecule has 0 saturated heterocycles. The van der Waals surface area contributed by atoms with Crippen LogP contribution in [0, 0.1) is 23.5 Å². The van der Waals surface area contributed by atoms with E-state index in [4.69, 9.17) is 0 Å². The van der Waals surface area contributed by atoms with Crippen molar-refractivity contribution in [3.05, 3.63) is 89.0 Å². The number of rotatable bonds is 8. The number of alkyl halides is 3. The van der Waals surface area contributed by atoms with Gasteiger partial charge in [0.25, 0.3) is 0 Å². The largest absolute Gasteiger partial charge is 0.534 e. The molecule has 0 spiro atoms. The highest BCUT2D eigenvalue weighted by molar-refractivity contribution is 7.88. The maximum atomic E-state index is 14.3. The molecule has 0 aliphatic carbocycles. The molecule has 0 N–H and O–H groups in total. The van der Waals surface area contributed by atoms with Gasteiger partial charge in [-0.25, -0.2) is 8.78 Å². The van der Waals surface area contributed by atoms with Crippen molar-refractivity contribution in [3.8, 4) is 17.6 Å². The maximum Gasteiger partial charge on any atom is 0.534 e. The molecule has 0 aliphatic heterocycles. The molecular weight excluding hydrogens is 515 g/mol. The monoisotopic (exact) mass is 536 g/mol. The van der Waals surface area contributed by atoms with Gasteiger partial charge >= 0.3 is 15.6 Å². The maximum absolute atomic E-state index is 14.3. The fraction of sp³-hybridized carbons (Fsp3) is 0.231. The fourth-order valence-electron chi connectivity index (χ4n) is 3.07. The standard InChI is InChI=1S/C26H21F5N2O3S/c1-2-3-4-5-19-16-24(27)23(25(28)17-19)15-8-18-6-9-20(10-7-18)32-33-21-11-13-22(14-12-21)36-37(34,35)26(29,30)31/h6-7,9-14,16-17H,2-5H2,1H3. The summed E-state index contributed by atoms with van der Waals surface area (Å²) < 4.78 is 91.9. The van der Waals surface area contributed by atoms with E-state index in [0.29, 0.717) is 23.2 Å². The number of hydrogen-bond donors (Lipinski definition) is 0. The Bertz CT molecular complexity index is 1400. The van der Waals surface area contributed by atoms with E-state index in [-0.39, 0.29) is 11.3 Å². The molecule has 0 radical (unpaired) electrons. The molecule has 37 heavy (non-hydrogen) atoms. The minimum absolute atomic E-state index is 0.227. The van der Waals surface area contributed by atoms with Crippen molar-refractivity contribution < 1.29 is 34.6 Å². The third-order valence-corrected chi connectivity index (χ3v) is 5.96. The van der Waals surface area contributed by atoms with Crippen LogP contribution >= 0.6 is 0 Å². The second-order valence-corrected chi connectivity index (χ2v) is 9.40. The number of azo groups is 1. The minimum Gasteiger partial charge on any atom is -0.376 e. The van der Waals surface area contributed by atoms with E-state index >= 15 is 0 Å². The highest BCUT2D eigenvalue weighted by atomic mass is 32.2. The van der Waals surface area contributed by atoms with Crippen LogP contribution in [0.3, 0.4) is 0 Å². The van der Waals surface area contributed by atoms with Gasteiger partial charge in [-0.2, -0.15) is 31.8 Å². The second kappa shape index (κ2) is 12.0. The summed E-state index contributed by atoms with van der Waals surface area (Å²) in [7, 11) is -5.76. The van der Waals surface area contributed by atoms with Crippen molar-refractivity contribution in [3.63, 3.8) is 0 Å². The van der Waals surface area contributed by atoms with E-state index in [0.717, 1.165) is 31.4 Å². The summed E-state index contributed by atoms with van der Waals surface area (Å²) in [6.45, 7) is 2.05. The van der Waals surface area contributed by atoms with Gasteiger partial charge in [0.15, 0.2) is 0 Å². The Hall–Kier alpha value is -3.78. The number of unbranched alkanes of at least 4 members (excludes halogenated alkanes) is 2. The first kappa shape index (κ1) is 27.8. The first-order chi connectivity index (χ1) is 17.5. The van der Waals surface area contributed by atoms with Crippen molar-refractivity contribution in [1.82, 2.24) is 0 Å². The lowest BCUT2D eigenvalue weighted by molar-refractivity contribution is -0.0500. The van der Waals surface area contributed by atoms with E-state index < -0.39 is 33.0 Å². The average Bonchev–Trinajstić information content (AvgIpc) is 2.83. The molecule has 0 bridgehead atoms. The van der Waals surface area contributed by atoms with Crippen LogP contribution in [0.25, 0.3) is 0 Å². The molecular formula is C26H21F5N2O3S. The van der Waals surface area contributed by atoms with Crippen LogP contribution in [-0.2, 0) is 16.5 Å². The van der Waals surface area contributed by atoms with Crippen LogP contribution in [0.4, 0.5) is 33.3 Å². The predicted octanol–water partition coefficient (Wildman–Crippen LogP) is 7.74. The molecule has 0 aliphatic rings. The number of aryl methyl sites for hydroxylation is 1. The molecule has 5 nitrogen and oxygen atoms in total. The Kier molecular flexibility index (Phi) is 8.99. The van der Waals surface area contributed by atoms with Crippen molar-refractivity contribution in [1.29, 1.82) is 0 Å². The molecule has 0 saturated carbocycles. The van der Waals surface area contributed by atoms with Crippen molar-refractivity contribution in [2.45, 2.75) is 38.1 Å². The number of benzene rings is 3. The molecule has 3 rings (SSSR count).